The molecule has 86 valence electrons. The van der Waals surface area contributed by atoms with Crippen LogP contribution in [-0.2, 0) is 6.42 Å². The van der Waals surface area contributed by atoms with Gasteiger partial charge in [-0.2, -0.15) is 0 Å². The summed E-state index contributed by atoms with van der Waals surface area (Å²) in [7, 11) is 0. The Hall–Kier alpha value is -0.530. The second-order valence-corrected chi connectivity index (χ2v) is 5.67. The number of halogens is 1. The molecule has 0 heterocycles. The van der Waals surface area contributed by atoms with Crippen LogP contribution in [0.3, 0.4) is 0 Å². The van der Waals surface area contributed by atoms with E-state index in [0.717, 1.165) is 23.3 Å². The van der Waals surface area contributed by atoms with Crippen LogP contribution in [0.2, 0.25) is 5.02 Å². The van der Waals surface area contributed by atoms with E-state index in [1.807, 2.05) is 24.3 Å². The third kappa shape index (κ3) is 1.87. The maximum absolute atomic E-state index is 10.2. The molecule has 16 heavy (non-hydrogen) atoms. The molecule has 0 bridgehead atoms. The molecule has 2 fully saturated rings. The summed E-state index contributed by atoms with van der Waals surface area (Å²) in [6.07, 6.45) is 4.70. The first-order chi connectivity index (χ1) is 7.75. The first kappa shape index (κ1) is 10.6. The van der Waals surface area contributed by atoms with E-state index in [9.17, 15) is 5.11 Å². The predicted molar refractivity (Wildman–Crippen MR) is 65.5 cm³/mol. The van der Waals surface area contributed by atoms with Gasteiger partial charge in [-0.3, -0.25) is 0 Å². The Labute approximate surface area is 101 Å². The number of rotatable bonds is 3. The number of aliphatic hydroxyl groups excluding tert-OH is 1. The van der Waals surface area contributed by atoms with Crippen LogP contribution < -0.4 is 0 Å². The number of benzene rings is 1. The summed E-state index contributed by atoms with van der Waals surface area (Å²) in [5.41, 5.74) is 1.20. The van der Waals surface area contributed by atoms with Crippen molar-refractivity contribution in [1.29, 1.82) is 0 Å². The fraction of sp³-hybridized carbons (Fsp3) is 0.571. The lowest BCUT2D eigenvalue weighted by Crippen LogP contribution is -2.16. The van der Waals surface area contributed by atoms with Gasteiger partial charge in [0.1, 0.15) is 0 Å². The molecular weight excluding hydrogens is 220 g/mol. The van der Waals surface area contributed by atoms with Crippen LogP contribution in [0.4, 0.5) is 0 Å². The molecule has 0 saturated heterocycles. The Kier molecular flexibility index (Phi) is 2.68. The summed E-state index contributed by atoms with van der Waals surface area (Å²) in [5.74, 6) is 2.26. The van der Waals surface area contributed by atoms with Gasteiger partial charge in [0.2, 0.25) is 0 Å². The van der Waals surface area contributed by atoms with Crippen LogP contribution in [-0.4, -0.2) is 11.2 Å². The van der Waals surface area contributed by atoms with E-state index in [1.54, 1.807) is 0 Å². The molecule has 1 aromatic carbocycles. The lowest BCUT2D eigenvalue weighted by atomic mass is 10.00. The Morgan fingerprint density at radius 3 is 2.44 bits per heavy atom. The van der Waals surface area contributed by atoms with E-state index < -0.39 is 0 Å². The maximum atomic E-state index is 10.2. The van der Waals surface area contributed by atoms with Crippen LogP contribution >= 0.6 is 11.6 Å². The Morgan fingerprint density at radius 1 is 1.19 bits per heavy atom. The van der Waals surface area contributed by atoms with E-state index in [0.29, 0.717) is 5.92 Å². The predicted octanol–water partition coefficient (Wildman–Crippen LogP) is 3.29. The quantitative estimate of drug-likeness (QED) is 0.854. The summed E-state index contributed by atoms with van der Waals surface area (Å²) in [6.45, 7) is 0. The van der Waals surface area contributed by atoms with E-state index in [1.165, 1.54) is 24.8 Å². The molecule has 2 saturated carbocycles. The molecular formula is C14H17ClO. The molecule has 1 aromatic rings. The molecule has 2 heteroatoms. The van der Waals surface area contributed by atoms with Crippen molar-refractivity contribution in [3.63, 3.8) is 0 Å². The SMILES string of the molecule is OC(Cc1ccc(Cl)cc1)C1C2CCCC21. The van der Waals surface area contributed by atoms with Crippen LogP contribution in [0.15, 0.2) is 24.3 Å². The van der Waals surface area contributed by atoms with Crippen molar-refractivity contribution in [3.05, 3.63) is 34.9 Å². The highest BCUT2D eigenvalue weighted by Crippen LogP contribution is 2.59. The third-order valence-corrected chi connectivity index (χ3v) is 4.53. The van der Waals surface area contributed by atoms with Crippen molar-refractivity contribution < 1.29 is 5.11 Å². The van der Waals surface area contributed by atoms with E-state index >= 15 is 0 Å². The third-order valence-electron chi connectivity index (χ3n) is 4.28. The molecule has 2 aliphatic rings. The Balaban J connectivity index is 1.60. The monoisotopic (exact) mass is 236 g/mol. The normalized spacial score (nSPS) is 33.5. The fourth-order valence-electron chi connectivity index (χ4n) is 3.45. The number of hydrogen-bond donors (Lipinski definition) is 1. The minimum Gasteiger partial charge on any atom is -0.392 e. The second-order valence-electron chi connectivity index (χ2n) is 5.23. The van der Waals surface area contributed by atoms with E-state index in [4.69, 9.17) is 11.6 Å². The first-order valence-corrected chi connectivity index (χ1v) is 6.56. The van der Waals surface area contributed by atoms with Crippen molar-refractivity contribution >= 4 is 11.6 Å². The molecule has 0 aliphatic heterocycles. The number of aliphatic hydroxyl groups is 1. The van der Waals surface area contributed by atoms with Crippen LogP contribution in [0.5, 0.6) is 0 Å². The Bertz CT molecular complexity index is 363. The average Bonchev–Trinajstić information content (AvgIpc) is 2.76. The standard InChI is InChI=1S/C14H17ClO/c15-10-6-4-9(5-7-10)8-13(16)14-11-2-1-3-12(11)14/h4-7,11-14,16H,1-3,8H2. The van der Waals surface area contributed by atoms with Gasteiger partial charge in [-0.05, 0) is 54.7 Å². The van der Waals surface area contributed by atoms with E-state index in [2.05, 4.69) is 0 Å². The van der Waals surface area contributed by atoms with Crippen LogP contribution in [0.25, 0.3) is 0 Å². The summed E-state index contributed by atoms with van der Waals surface area (Å²) in [5, 5.41) is 10.9. The highest BCUT2D eigenvalue weighted by atomic mass is 35.5. The zero-order chi connectivity index (χ0) is 11.1. The molecule has 3 unspecified atom stereocenters. The van der Waals surface area contributed by atoms with Crippen LogP contribution in [0.1, 0.15) is 24.8 Å². The fourth-order valence-corrected chi connectivity index (χ4v) is 3.57. The van der Waals surface area contributed by atoms with Gasteiger partial charge in [-0.1, -0.05) is 30.2 Å². The lowest BCUT2D eigenvalue weighted by Gasteiger charge is -2.12. The van der Waals surface area contributed by atoms with Crippen molar-refractivity contribution in [3.8, 4) is 0 Å². The molecule has 1 nitrogen and oxygen atoms in total. The van der Waals surface area contributed by atoms with Crippen LogP contribution in [0, 0.1) is 17.8 Å². The summed E-state index contributed by atoms with van der Waals surface area (Å²) in [4.78, 5) is 0. The van der Waals surface area contributed by atoms with Gasteiger partial charge in [-0.15, -0.1) is 0 Å². The van der Waals surface area contributed by atoms with Gasteiger partial charge in [0.25, 0.3) is 0 Å². The van der Waals surface area contributed by atoms with Crippen molar-refractivity contribution in [2.75, 3.05) is 0 Å². The molecule has 3 atom stereocenters. The van der Waals surface area contributed by atoms with Gasteiger partial charge in [0.15, 0.2) is 0 Å². The maximum Gasteiger partial charge on any atom is 0.0614 e. The molecule has 0 spiro atoms. The summed E-state index contributed by atoms with van der Waals surface area (Å²) < 4.78 is 0. The van der Waals surface area contributed by atoms with Gasteiger partial charge in [-0.25, -0.2) is 0 Å². The average molecular weight is 237 g/mol. The molecule has 2 aliphatic carbocycles. The number of hydrogen-bond acceptors (Lipinski definition) is 1. The van der Waals surface area contributed by atoms with Gasteiger partial charge in [0.05, 0.1) is 6.10 Å². The minimum atomic E-state index is -0.142. The Morgan fingerprint density at radius 2 is 1.81 bits per heavy atom. The minimum absolute atomic E-state index is 0.142. The molecule has 0 radical (unpaired) electrons. The first-order valence-electron chi connectivity index (χ1n) is 6.18. The van der Waals surface area contributed by atoms with Crippen molar-refractivity contribution in [1.82, 2.24) is 0 Å². The lowest BCUT2D eigenvalue weighted by molar-refractivity contribution is 0.135. The highest BCUT2D eigenvalue weighted by Gasteiger charge is 2.55. The molecule has 0 amide bonds. The molecule has 0 aromatic heterocycles. The van der Waals surface area contributed by atoms with Gasteiger partial charge < -0.3 is 5.11 Å². The summed E-state index contributed by atoms with van der Waals surface area (Å²) in [6, 6.07) is 7.84. The topological polar surface area (TPSA) is 20.2 Å². The van der Waals surface area contributed by atoms with Crippen molar-refractivity contribution in [2.45, 2.75) is 31.8 Å². The van der Waals surface area contributed by atoms with Gasteiger partial charge >= 0.3 is 0 Å². The smallest absolute Gasteiger partial charge is 0.0614 e. The zero-order valence-corrected chi connectivity index (χ0v) is 10.0. The zero-order valence-electron chi connectivity index (χ0n) is 9.27. The number of fused-ring (bicyclic) bond motifs is 1. The van der Waals surface area contributed by atoms with Gasteiger partial charge in [0, 0.05) is 5.02 Å². The largest absolute Gasteiger partial charge is 0.392 e. The van der Waals surface area contributed by atoms with Crippen molar-refractivity contribution in [2.24, 2.45) is 17.8 Å². The molecule has 3 rings (SSSR count). The summed E-state index contributed by atoms with van der Waals surface area (Å²) >= 11 is 5.84. The molecule has 1 N–H and O–H groups in total. The highest BCUT2D eigenvalue weighted by molar-refractivity contribution is 6.30. The van der Waals surface area contributed by atoms with E-state index in [-0.39, 0.29) is 6.10 Å². The second kappa shape index (κ2) is 4.05.